The molecule has 0 spiro atoms. The summed E-state index contributed by atoms with van der Waals surface area (Å²) >= 11 is 0. The Bertz CT molecular complexity index is 967. The van der Waals surface area contributed by atoms with Crippen LogP contribution < -0.4 is 10.1 Å². The molecule has 0 bridgehead atoms. The van der Waals surface area contributed by atoms with Crippen LogP contribution in [-0.2, 0) is 4.74 Å². The Labute approximate surface area is 164 Å². The van der Waals surface area contributed by atoms with Gasteiger partial charge in [0.15, 0.2) is 11.5 Å². The van der Waals surface area contributed by atoms with Crippen molar-refractivity contribution in [3.8, 4) is 17.0 Å². The molecular weight excluding hydrogens is 356 g/mol. The number of fused-ring (bicyclic) bond motifs is 1. The second-order valence-corrected chi connectivity index (χ2v) is 7.21. The molecule has 1 fully saturated rings. The minimum atomic E-state index is -0.408. The fourth-order valence-corrected chi connectivity index (χ4v) is 3.90. The lowest BCUT2D eigenvalue weighted by molar-refractivity contribution is 0.0602. The van der Waals surface area contributed by atoms with Gasteiger partial charge in [-0.25, -0.2) is 14.3 Å². The first-order chi connectivity index (χ1) is 13.7. The maximum Gasteiger partial charge on any atom is 0.343 e. The van der Waals surface area contributed by atoms with Crippen molar-refractivity contribution in [3.63, 3.8) is 0 Å². The Morgan fingerprint density at radius 3 is 2.71 bits per heavy atom. The van der Waals surface area contributed by atoms with Crippen molar-refractivity contribution in [1.29, 1.82) is 0 Å². The van der Waals surface area contributed by atoms with E-state index in [-0.39, 0.29) is 0 Å². The number of benzene rings is 1. The number of aromatic amines is 1. The summed E-state index contributed by atoms with van der Waals surface area (Å²) in [5.74, 6) is 1.22. The summed E-state index contributed by atoms with van der Waals surface area (Å²) in [7, 11) is 3.03. The maximum absolute atomic E-state index is 12.1. The summed E-state index contributed by atoms with van der Waals surface area (Å²) in [6.45, 7) is 0. The normalized spacial score (nSPS) is 15.4. The van der Waals surface area contributed by atoms with Crippen LogP contribution in [0.1, 0.15) is 48.9 Å². The molecule has 1 aliphatic rings. The number of ether oxygens (including phenoxy) is 2. The van der Waals surface area contributed by atoms with Crippen LogP contribution in [-0.4, -0.2) is 40.8 Å². The molecule has 2 N–H and O–H groups in total. The lowest BCUT2D eigenvalue weighted by atomic mass is 10.1. The zero-order valence-corrected chi connectivity index (χ0v) is 16.3. The second kappa shape index (κ2) is 7.96. The lowest BCUT2D eigenvalue weighted by Crippen LogP contribution is -2.20. The third-order valence-corrected chi connectivity index (χ3v) is 5.40. The highest BCUT2D eigenvalue weighted by atomic mass is 16.5. The van der Waals surface area contributed by atoms with Crippen LogP contribution in [0, 0.1) is 0 Å². The number of aromatic nitrogens is 3. The summed E-state index contributed by atoms with van der Waals surface area (Å²) < 4.78 is 12.1. The van der Waals surface area contributed by atoms with Crippen LogP contribution in [0.3, 0.4) is 0 Å². The zero-order valence-electron chi connectivity index (χ0n) is 16.3. The van der Waals surface area contributed by atoms with Crippen LogP contribution in [0.25, 0.3) is 16.9 Å². The molecule has 0 unspecified atom stereocenters. The molecule has 0 radical (unpaired) electrons. The van der Waals surface area contributed by atoms with E-state index >= 15 is 0 Å². The monoisotopic (exact) mass is 382 g/mol. The number of esters is 1. The number of carbonyl (C=O) groups is 1. The molecule has 28 heavy (non-hydrogen) atoms. The molecule has 7 heteroatoms. The summed E-state index contributed by atoms with van der Waals surface area (Å²) in [6.07, 6.45) is 8.94. The van der Waals surface area contributed by atoms with Gasteiger partial charge in [-0.1, -0.05) is 37.8 Å². The number of rotatable bonds is 5. The molecule has 3 aromatic rings. The number of hydrogen-bond acceptors (Lipinski definition) is 5. The molecule has 2 aromatic heterocycles. The number of H-pyrrole nitrogens is 1. The van der Waals surface area contributed by atoms with Gasteiger partial charge in [-0.2, -0.15) is 0 Å². The number of nitrogens with zero attached hydrogens (tertiary/aromatic N) is 2. The Morgan fingerprint density at radius 2 is 2.00 bits per heavy atom. The third kappa shape index (κ3) is 3.44. The van der Waals surface area contributed by atoms with Gasteiger partial charge >= 0.3 is 5.97 Å². The molecular formula is C21H26N4O3. The first-order valence-electron chi connectivity index (χ1n) is 9.80. The second-order valence-electron chi connectivity index (χ2n) is 7.21. The first-order valence-corrected chi connectivity index (χ1v) is 9.80. The lowest BCUT2D eigenvalue weighted by Gasteiger charge is -2.18. The van der Waals surface area contributed by atoms with Crippen molar-refractivity contribution in [3.05, 3.63) is 36.0 Å². The average Bonchev–Trinajstić information content (AvgIpc) is 3.18. The smallest absolute Gasteiger partial charge is 0.343 e. The Kier molecular flexibility index (Phi) is 5.23. The van der Waals surface area contributed by atoms with Gasteiger partial charge in [0.25, 0.3) is 0 Å². The van der Waals surface area contributed by atoms with Gasteiger partial charge in [0.05, 0.1) is 14.2 Å². The van der Waals surface area contributed by atoms with Gasteiger partial charge in [0, 0.05) is 17.8 Å². The predicted molar refractivity (Wildman–Crippen MR) is 108 cm³/mol. The highest BCUT2D eigenvalue weighted by Gasteiger charge is 2.24. The molecule has 1 aromatic carbocycles. The Balaban J connectivity index is 1.81. The minimum Gasteiger partial charge on any atom is -0.497 e. The number of hydrogen-bond donors (Lipinski definition) is 2. The number of imidazole rings is 1. The molecule has 0 atom stereocenters. The molecule has 148 valence electrons. The average molecular weight is 382 g/mol. The largest absolute Gasteiger partial charge is 0.497 e. The van der Waals surface area contributed by atoms with E-state index in [9.17, 15) is 4.79 Å². The van der Waals surface area contributed by atoms with Gasteiger partial charge in [-0.3, -0.25) is 5.10 Å². The van der Waals surface area contributed by atoms with Crippen LogP contribution in [0.2, 0.25) is 0 Å². The topological polar surface area (TPSA) is 80.7 Å². The highest BCUT2D eigenvalue weighted by molar-refractivity contribution is 5.97. The standard InChI is InChI=1S/C21H26N4O3/c1-27-16-11-7-8-14(12-16)18-20(23-15-9-5-3-4-6-10-15)25-19(24-18)17(13-22-25)21(26)28-2/h7-8,11-13,15,22-23H,3-6,9-10H2,1-2H3. The highest BCUT2D eigenvalue weighted by Crippen LogP contribution is 2.33. The van der Waals surface area contributed by atoms with Gasteiger partial charge in [0.2, 0.25) is 0 Å². The summed E-state index contributed by atoms with van der Waals surface area (Å²) in [5.41, 5.74) is 2.70. The van der Waals surface area contributed by atoms with Gasteiger partial charge < -0.3 is 14.8 Å². The van der Waals surface area contributed by atoms with E-state index in [1.807, 2.05) is 28.8 Å². The molecule has 0 saturated heterocycles. The van der Waals surface area contributed by atoms with Crippen LogP contribution in [0.15, 0.2) is 30.5 Å². The fourth-order valence-electron chi connectivity index (χ4n) is 3.90. The van der Waals surface area contributed by atoms with Crippen molar-refractivity contribution in [2.75, 3.05) is 19.5 Å². The number of methoxy groups -OCH3 is 2. The Morgan fingerprint density at radius 1 is 1.21 bits per heavy atom. The van der Waals surface area contributed by atoms with E-state index in [1.54, 1.807) is 13.3 Å². The van der Waals surface area contributed by atoms with Crippen molar-refractivity contribution in [2.24, 2.45) is 0 Å². The SMILES string of the molecule is COC(=O)c1c[nH]n2c(NC3CCCCCC3)c(-c3cccc(OC)c3)nc12. The summed E-state index contributed by atoms with van der Waals surface area (Å²) in [4.78, 5) is 16.9. The molecule has 1 aliphatic carbocycles. The van der Waals surface area contributed by atoms with Gasteiger partial charge in [-0.15, -0.1) is 0 Å². The number of nitrogens with one attached hydrogen (secondary N) is 2. The van der Waals surface area contributed by atoms with E-state index in [1.165, 1.54) is 32.8 Å². The minimum absolute atomic E-state index is 0.386. The quantitative estimate of drug-likeness (QED) is 0.509. The van der Waals surface area contributed by atoms with Crippen molar-refractivity contribution < 1.29 is 14.3 Å². The Hall–Kier alpha value is -2.96. The van der Waals surface area contributed by atoms with Crippen LogP contribution in [0.5, 0.6) is 5.75 Å². The predicted octanol–water partition coefficient (Wildman–Crippen LogP) is 4.26. The van der Waals surface area contributed by atoms with Gasteiger partial charge in [-0.05, 0) is 25.0 Å². The van der Waals surface area contributed by atoms with E-state index in [0.717, 1.165) is 35.7 Å². The van der Waals surface area contributed by atoms with E-state index in [4.69, 9.17) is 14.5 Å². The summed E-state index contributed by atoms with van der Waals surface area (Å²) in [6, 6.07) is 8.19. The molecule has 0 aliphatic heterocycles. The molecule has 0 amide bonds. The fraction of sp³-hybridized carbons (Fsp3) is 0.429. The molecule has 2 heterocycles. The van der Waals surface area contributed by atoms with E-state index < -0.39 is 5.97 Å². The van der Waals surface area contributed by atoms with Crippen molar-refractivity contribution in [1.82, 2.24) is 14.6 Å². The molecule has 4 rings (SSSR count). The number of carbonyl (C=O) groups excluding carboxylic acids is 1. The molecule has 7 nitrogen and oxygen atoms in total. The maximum atomic E-state index is 12.1. The summed E-state index contributed by atoms with van der Waals surface area (Å²) in [5, 5.41) is 6.85. The zero-order chi connectivity index (χ0) is 19.5. The number of anilines is 1. The molecule has 1 saturated carbocycles. The van der Waals surface area contributed by atoms with Crippen molar-refractivity contribution in [2.45, 2.75) is 44.6 Å². The van der Waals surface area contributed by atoms with E-state index in [0.29, 0.717) is 17.3 Å². The third-order valence-electron chi connectivity index (χ3n) is 5.40. The van der Waals surface area contributed by atoms with Crippen LogP contribution >= 0.6 is 0 Å². The van der Waals surface area contributed by atoms with Gasteiger partial charge in [0.1, 0.15) is 17.0 Å². The van der Waals surface area contributed by atoms with Crippen molar-refractivity contribution >= 4 is 17.4 Å². The van der Waals surface area contributed by atoms with E-state index in [2.05, 4.69) is 10.4 Å². The van der Waals surface area contributed by atoms with Crippen LogP contribution in [0.4, 0.5) is 5.82 Å². The first kappa shape index (κ1) is 18.4.